The summed E-state index contributed by atoms with van der Waals surface area (Å²) < 4.78 is 32.1. The average Bonchev–Trinajstić information content (AvgIpc) is 2.42. The molecular formula is C15H15F2NO. The first-order chi connectivity index (χ1) is 9.11. The van der Waals surface area contributed by atoms with Gasteiger partial charge in [0.2, 0.25) is 0 Å². The molecule has 0 aromatic heterocycles. The third kappa shape index (κ3) is 3.09. The van der Waals surface area contributed by atoms with E-state index in [1.807, 2.05) is 19.1 Å². The summed E-state index contributed by atoms with van der Waals surface area (Å²) in [6.45, 7) is 1.95. The molecule has 2 nitrogen and oxygen atoms in total. The summed E-state index contributed by atoms with van der Waals surface area (Å²) in [4.78, 5) is 0. The molecular weight excluding hydrogens is 248 g/mol. The van der Waals surface area contributed by atoms with Crippen LogP contribution in [0.4, 0.5) is 8.78 Å². The van der Waals surface area contributed by atoms with Crippen molar-refractivity contribution >= 4 is 0 Å². The summed E-state index contributed by atoms with van der Waals surface area (Å²) in [7, 11) is 0. The lowest BCUT2D eigenvalue weighted by molar-refractivity contribution is 0.428. The highest BCUT2D eigenvalue weighted by atomic mass is 19.1. The Labute approximate surface area is 110 Å². The molecule has 2 aromatic rings. The molecule has 4 heteroatoms. The second-order valence-electron chi connectivity index (χ2n) is 4.23. The van der Waals surface area contributed by atoms with Gasteiger partial charge in [0.25, 0.3) is 0 Å². The van der Waals surface area contributed by atoms with Gasteiger partial charge in [-0.3, -0.25) is 0 Å². The number of nitrogens with two attached hydrogens (primary N) is 1. The molecule has 2 N–H and O–H groups in total. The Bertz CT molecular complexity index is 572. The van der Waals surface area contributed by atoms with E-state index in [2.05, 4.69) is 0 Å². The summed E-state index contributed by atoms with van der Waals surface area (Å²) >= 11 is 0. The highest BCUT2D eigenvalue weighted by molar-refractivity contribution is 5.40. The van der Waals surface area contributed by atoms with Gasteiger partial charge >= 0.3 is 0 Å². The van der Waals surface area contributed by atoms with Crippen molar-refractivity contribution in [3.8, 4) is 11.5 Å². The summed E-state index contributed by atoms with van der Waals surface area (Å²) in [5.74, 6) is -0.855. The standard InChI is InChI=1S/C15H15F2NO/c1-2-13(18)11-5-3-4-6-14(11)19-15-9-10(16)7-8-12(15)17/h3-9,13H,2,18H2,1H3/t13-/m1/s1. The Morgan fingerprint density at radius 3 is 2.58 bits per heavy atom. The van der Waals surface area contributed by atoms with Crippen LogP contribution in [0.5, 0.6) is 11.5 Å². The molecule has 0 aliphatic rings. The minimum atomic E-state index is -0.610. The van der Waals surface area contributed by atoms with Crippen LogP contribution < -0.4 is 10.5 Å². The number of hydrogen-bond acceptors (Lipinski definition) is 2. The van der Waals surface area contributed by atoms with Crippen molar-refractivity contribution in [1.29, 1.82) is 0 Å². The summed E-state index contributed by atoms with van der Waals surface area (Å²) in [5.41, 5.74) is 6.74. The highest BCUT2D eigenvalue weighted by Crippen LogP contribution is 2.31. The second kappa shape index (κ2) is 5.80. The Morgan fingerprint density at radius 2 is 1.84 bits per heavy atom. The number of rotatable bonds is 4. The summed E-state index contributed by atoms with van der Waals surface area (Å²) in [5, 5.41) is 0. The van der Waals surface area contributed by atoms with Crippen molar-refractivity contribution in [3.05, 3.63) is 59.7 Å². The van der Waals surface area contributed by atoms with Crippen molar-refractivity contribution in [2.75, 3.05) is 0 Å². The monoisotopic (exact) mass is 263 g/mol. The van der Waals surface area contributed by atoms with Gasteiger partial charge in [-0.05, 0) is 24.6 Å². The normalized spacial score (nSPS) is 12.2. The van der Waals surface area contributed by atoms with Gasteiger partial charge in [0, 0.05) is 17.7 Å². The van der Waals surface area contributed by atoms with Crippen LogP contribution in [0.25, 0.3) is 0 Å². The maximum Gasteiger partial charge on any atom is 0.165 e. The zero-order valence-electron chi connectivity index (χ0n) is 10.6. The lowest BCUT2D eigenvalue weighted by Gasteiger charge is -2.15. The molecule has 2 rings (SSSR count). The van der Waals surface area contributed by atoms with E-state index in [-0.39, 0.29) is 11.8 Å². The van der Waals surface area contributed by atoms with Crippen molar-refractivity contribution in [3.63, 3.8) is 0 Å². The Morgan fingerprint density at radius 1 is 1.11 bits per heavy atom. The minimum Gasteiger partial charge on any atom is -0.454 e. The maximum atomic E-state index is 13.5. The van der Waals surface area contributed by atoms with Crippen LogP contribution in [0.15, 0.2) is 42.5 Å². The SMILES string of the molecule is CC[C@@H](N)c1ccccc1Oc1cc(F)ccc1F. The Balaban J connectivity index is 2.35. The lowest BCUT2D eigenvalue weighted by Crippen LogP contribution is -2.09. The third-order valence-electron chi connectivity index (χ3n) is 2.87. The molecule has 0 fully saturated rings. The number of hydrogen-bond donors (Lipinski definition) is 1. The first-order valence-electron chi connectivity index (χ1n) is 6.09. The molecule has 0 heterocycles. The van der Waals surface area contributed by atoms with Crippen LogP contribution in [-0.2, 0) is 0 Å². The molecule has 0 radical (unpaired) electrons. The van der Waals surface area contributed by atoms with Crippen molar-refractivity contribution in [2.45, 2.75) is 19.4 Å². The molecule has 100 valence electrons. The van der Waals surface area contributed by atoms with Gasteiger partial charge in [-0.15, -0.1) is 0 Å². The van der Waals surface area contributed by atoms with E-state index >= 15 is 0 Å². The van der Waals surface area contributed by atoms with E-state index in [0.29, 0.717) is 5.75 Å². The fraction of sp³-hybridized carbons (Fsp3) is 0.200. The van der Waals surface area contributed by atoms with Gasteiger partial charge < -0.3 is 10.5 Å². The molecule has 0 saturated heterocycles. The summed E-state index contributed by atoms with van der Waals surface area (Å²) in [6, 6.07) is 10.0. The van der Waals surface area contributed by atoms with E-state index in [1.54, 1.807) is 12.1 Å². The van der Waals surface area contributed by atoms with E-state index in [0.717, 1.165) is 30.2 Å². The topological polar surface area (TPSA) is 35.2 Å². The Hall–Kier alpha value is -1.94. The van der Waals surface area contributed by atoms with Crippen LogP contribution in [0.1, 0.15) is 24.9 Å². The summed E-state index contributed by atoms with van der Waals surface area (Å²) in [6.07, 6.45) is 0.728. The number of halogens is 2. The first kappa shape index (κ1) is 13.5. The molecule has 0 spiro atoms. The number of para-hydroxylation sites is 1. The van der Waals surface area contributed by atoms with Gasteiger partial charge in [0.15, 0.2) is 11.6 Å². The molecule has 0 saturated carbocycles. The molecule has 0 aliphatic heterocycles. The third-order valence-corrected chi connectivity index (χ3v) is 2.87. The van der Waals surface area contributed by atoms with Gasteiger partial charge in [-0.2, -0.15) is 0 Å². The van der Waals surface area contributed by atoms with Gasteiger partial charge in [-0.1, -0.05) is 25.1 Å². The highest BCUT2D eigenvalue weighted by Gasteiger charge is 2.13. The molecule has 0 bridgehead atoms. The number of benzene rings is 2. The molecule has 19 heavy (non-hydrogen) atoms. The van der Waals surface area contributed by atoms with E-state index < -0.39 is 11.6 Å². The van der Waals surface area contributed by atoms with Crippen LogP contribution in [-0.4, -0.2) is 0 Å². The van der Waals surface area contributed by atoms with E-state index in [4.69, 9.17) is 10.5 Å². The molecule has 2 aromatic carbocycles. The van der Waals surface area contributed by atoms with Gasteiger partial charge in [0.1, 0.15) is 11.6 Å². The largest absolute Gasteiger partial charge is 0.454 e. The average molecular weight is 263 g/mol. The molecule has 1 atom stereocenters. The van der Waals surface area contributed by atoms with Crippen LogP contribution in [0, 0.1) is 11.6 Å². The van der Waals surface area contributed by atoms with Crippen LogP contribution in [0.3, 0.4) is 0 Å². The van der Waals surface area contributed by atoms with Gasteiger partial charge in [0.05, 0.1) is 0 Å². The quantitative estimate of drug-likeness (QED) is 0.898. The maximum absolute atomic E-state index is 13.5. The number of ether oxygens (including phenoxy) is 1. The second-order valence-corrected chi connectivity index (χ2v) is 4.23. The van der Waals surface area contributed by atoms with Gasteiger partial charge in [-0.25, -0.2) is 8.78 Å². The molecule has 0 aliphatic carbocycles. The molecule has 0 unspecified atom stereocenters. The van der Waals surface area contributed by atoms with Crippen LogP contribution in [0.2, 0.25) is 0 Å². The fourth-order valence-corrected chi connectivity index (χ4v) is 1.77. The predicted octanol–water partition coefficient (Wildman–Crippen LogP) is 4.17. The predicted molar refractivity (Wildman–Crippen MR) is 70.1 cm³/mol. The van der Waals surface area contributed by atoms with Crippen molar-refractivity contribution < 1.29 is 13.5 Å². The lowest BCUT2D eigenvalue weighted by atomic mass is 10.0. The van der Waals surface area contributed by atoms with Crippen molar-refractivity contribution in [2.24, 2.45) is 5.73 Å². The first-order valence-corrected chi connectivity index (χ1v) is 6.09. The van der Waals surface area contributed by atoms with E-state index in [1.165, 1.54) is 0 Å². The van der Waals surface area contributed by atoms with Crippen molar-refractivity contribution in [1.82, 2.24) is 0 Å². The molecule has 0 amide bonds. The smallest absolute Gasteiger partial charge is 0.165 e. The fourth-order valence-electron chi connectivity index (χ4n) is 1.77. The Kier molecular flexibility index (Phi) is 4.12. The van der Waals surface area contributed by atoms with E-state index in [9.17, 15) is 8.78 Å². The van der Waals surface area contributed by atoms with Crippen LogP contribution >= 0.6 is 0 Å². The zero-order chi connectivity index (χ0) is 13.8. The zero-order valence-corrected chi connectivity index (χ0v) is 10.6. The minimum absolute atomic E-state index is 0.143.